The molecule has 242 valence electrons. The first-order valence-electron chi connectivity index (χ1n) is 15.0. The van der Waals surface area contributed by atoms with Crippen molar-refractivity contribution in [2.75, 3.05) is 19.8 Å². The molecule has 0 fully saturated rings. The molecule has 0 aromatic heterocycles. The topological polar surface area (TPSA) is 172 Å². The molecule has 42 heavy (non-hydrogen) atoms. The molecule has 0 aromatic carbocycles. The number of hydrogen-bond acceptors (Lipinski definition) is 9. The van der Waals surface area contributed by atoms with Crippen molar-refractivity contribution in [3.05, 3.63) is 36.5 Å². The Morgan fingerprint density at radius 3 is 1.95 bits per heavy atom. The fourth-order valence-corrected chi connectivity index (χ4v) is 4.30. The van der Waals surface area contributed by atoms with Gasteiger partial charge in [0.15, 0.2) is 6.10 Å². The van der Waals surface area contributed by atoms with Gasteiger partial charge in [-0.1, -0.05) is 82.4 Å². The van der Waals surface area contributed by atoms with E-state index in [-0.39, 0.29) is 19.4 Å². The fourth-order valence-electron chi connectivity index (χ4n) is 3.53. The summed E-state index contributed by atoms with van der Waals surface area (Å²) in [6, 6.07) is -1.52. The third-order valence-corrected chi connectivity index (χ3v) is 6.82. The molecule has 0 heterocycles. The minimum absolute atomic E-state index is 0.147. The van der Waals surface area contributed by atoms with Crippen molar-refractivity contribution in [1.82, 2.24) is 0 Å². The molecule has 3 atom stereocenters. The smallest absolute Gasteiger partial charge is 0.472 e. The number of carboxylic acid groups (broad SMARTS) is 1. The molecule has 0 radical (unpaired) electrons. The summed E-state index contributed by atoms with van der Waals surface area (Å²) in [6.07, 6.45) is 24.1. The van der Waals surface area contributed by atoms with Crippen molar-refractivity contribution in [1.29, 1.82) is 0 Å². The first-order chi connectivity index (χ1) is 20.1. The van der Waals surface area contributed by atoms with Crippen LogP contribution in [0.25, 0.3) is 0 Å². The minimum atomic E-state index is -4.68. The second-order valence-electron chi connectivity index (χ2n) is 9.86. The van der Waals surface area contributed by atoms with Crippen molar-refractivity contribution in [3.63, 3.8) is 0 Å². The number of esters is 2. The van der Waals surface area contributed by atoms with Crippen LogP contribution in [0.2, 0.25) is 0 Å². The summed E-state index contributed by atoms with van der Waals surface area (Å²) < 4.78 is 31.8. The van der Waals surface area contributed by atoms with E-state index in [2.05, 4.69) is 47.9 Å². The summed E-state index contributed by atoms with van der Waals surface area (Å²) in [6.45, 7) is 2.22. The highest BCUT2D eigenvalue weighted by atomic mass is 31.2. The first kappa shape index (κ1) is 39.7. The summed E-state index contributed by atoms with van der Waals surface area (Å²) >= 11 is 0. The van der Waals surface area contributed by atoms with Gasteiger partial charge in [-0.2, -0.15) is 0 Å². The van der Waals surface area contributed by atoms with Gasteiger partial charge >= 0.3 is 25.7 Å². The maximum absolute atomic E-state index is 12.3. The number of unbranched alkanes of at least 4 members (excludes halogenated alkanes) is 7. The number of nitrogens with two attached hydrogens (primary N) is 1. The lowest BCUT2D eigenvalue weighted by atomic mass is 10.1. The molecule has 3 unspecified atom stereocenters. The van der Waals surface area contributed by atoms with Crippen LogP contribution >= 0.6 is 7.82 Å². The summed E-state index contributed by atoms with van der Waals surface area (Å²) in [4.78, 5) is 44.5. The Labute approximate surface area is 251 Å². The molecule has 4 N–H and O–H groups in total. The fraction of sp³-hybridized carbons (Fsp3) is 0.700. The van der Waals surface area contributed by atoms with E-state index in [4.69, 9.17) is 24.8 Å². The molecule has 0 aliphatic heterocycles. The first-order valence-corrected chi connectivity index (χ1v) is 16.5. The van der Waals surface area contributed by atoms with Gasteiger partial charge in [0.25, 0.3) is 0 Å². The molecule has 0 saturated carbocycles. The lowest BCUT2D eigenvalue weighted by Gasteiger charge is -2.20. The molecule has 12 heteroatoms. The normalized spacial score (nSPS) is 14.8. The van der Waals surface area contributed by atoms with E-state index in [0.29, 0.717) is 12.8 Å². The van der Waals surface area contributed by atoms with Gasteiger partial charge in [0.05, 0.1) is 13.2 Å². The van der Waals surface area contributed by atoms with Crippen molar-refractivity contribution in [2.24, 2.45) is 5.73 Å². The van der Waals surface area contributed by atoms with Gasteiger partial charge < -0.3 is 25.2 Å². The van der Waals surface area contributed by atoms with Crippen LogP contribution in [0.15, 0.2) is 36.5 Å². The number of ether oxygens (including phenoxy) is 2. The highest BCUT2D eigenvalue weighted by molar-refractivity contribution is 7.47. The Hall–Kier alpha value is -2.30. The van der Waals surface area contributed by atoms with Gasteiger partial charge in [-0.25, -0.2) is 4.57 Å². The lowest BCUT2D eigenvalue weighted by Crippen LogP contribution is -2.34. The number of hydrogen-bond donors (Lipinski definition) is 3. The van der Waals surface area contributed by atoms with Crippen LogP contribution in [0.5, 0.6) is 0 Å². The molecule has 0 spiro atoms. The third-order valence-electron chi connectivity index (χ3n) is 5.87. The molecule has 0 aromatic rings. The average molecular weight is 618 g/mol. The zero-order chi connectivity index (χ0) is 31.5. The molecule has 0 aliphatic carbocycles. The van der Waals surface area contributed by atoms with Gasteiger partial charge in [0.2, 0.25) is 0 Å². The van der Waals surface area contributed by atoms with Crippen molar-refractivity contribution < 1.29 is 47.5 Å². The average Bonchev–Trinajstić information content (AvgIpc) is 2.95. The lowest BCUT2D eigenvalue weighted by molar-refractivity contribution is -0.161. The van der Waals surface area contributed by atoms with Crippen LogP contribution in [-0.4, -0.2) is 59.9 Å². The second kappa shape index (κ2) is 26.3. The molecule has 0 amide bonds. The van der Waals surface area contributed by atoms with Crippen molar-refractivity contribution in [3.8, 4) is 0 Å². The van der Waals surface area contributed by atoms with Crippen LogP contribution in [0.1, 0.15) is 104 Å². The van der Waals surface area contributed by atoms with Crippen molar-refractivity contribution in [2.45, 2.75) is 116 Å². The van der Waals surface area contributed by atoms with Crippen LogP contribution in [0.3, 0.4) is 0 Å². The number of aliphatic carboxylic acids is 1. The monoisotopic (exact) mass is 617 g/mol. The summed E-state index contributed by atoms with van der Waals surface area (Å²) in [5.41, 5.74) is 5.25. The largest absolute Gasteiger partial charge is 0.480 e. The van der Waals surface area contributed by atoms with E-state index in [1.54, 1.807) is 6.92 Å². The zero-order valence-electron chi connectivity index (χ0n) is 25.3. The molecule has 0 rings (SSSR count). The molecule has 0 saturated heterocycles. The maximum Gasteiger partial charge on any atom is 0.472 e. The highest BCUT2D eigenvalue weighted by Gasteiger charge is 2.28. The van der Waals surface area contributed by atoms with E-state index >= 15 is 0 Å². The van der Waals surface area contributed by atoms with Crippen LogP contribution in [0.4, 0.5) is 0 Å². The van der Waals surface area contributed by atoms with E-state index in [9.17, 15) is 23.8 Å². The molecule has 0 bridgehead atoms. The summed E-state index contributed by atoms with van der Waals surface area (Å²) in [5.74, 6) is -2.47. The van der Waals surface area contributed by atoms with Crippen LogP contribution in [-0.2, 0) is 37.5 Å². The number of allylic oxidation sites excluding steroid dienone is 6. The number of carbonyl (C=O) groups is 3. The molecule has 0 aliphatic rings. The molecular formula is C30H52NO10P. The summed E-state index contributed by atoms with van der Waals surface area (Å²) in [5, 5.41) is 8.75. The van der Waals surface area contributed by atoms with Gasteiger partial charge in [-0.15, -0.1) is 0 Å². The number of phosphoric acid groups is 1. The molecule has 11 nitrogen and oxygen atoms in total. The molecular weight excluding hydrogens is 565 g/mol. The minimum Gasteiger partial charge on any atom is -0.480 e. The summed E-state index contributed by atoms with van der Waals surface area (Å²) in [7, 11) is -4.68. The van der Waals surface area contributed by atoms with Crippen LogP contribution < -0.4 is 5.73 Å². The third kappa shape index (κ3) is 25.4. The van der Waals surface area contributed by atoms with E-state index in [1.807, 2.05) is 0 Å². The maximum atomic E-state index is 12.3. The Bertz CT molecular complexity index is 874. The number of carbonyl (C=O) groups excluding carboxylic acids is 2. The van der Waals surface area contributed by atoms with E-state index in [1.165, 1.54) is 6.42 Å². The highest BCUT2D eigenvalue weighted by Crippen LogP contribution is 2.43. The Balaban J connectivity index is 4.21. The van der Waals surface area contributed by atoms with Gasteiger partial charge in [-0.3, -0.25) is 23.4 Å². The second-order valence-corrected chi connectivity index (χ2v) is 11.3. The number of carboxylic acids is 1. The predicted molar refractivity (Wildman–Crippen MR) is 162 cm³/mol. The Kier molecular flexibility index (Phi) is 24.9. The zero-order valence-corrected chi connectivity index (χ0v) is 26.2. The van der Waals surface area contributed by atoms with E-state index in [0.717, 1.165) is 57.8 Å². The number of phosphoric ester groups is 1. The van der Waals surface area contributed by atoms with Crippen LogP contribution in [0, 0.1) is 0 Å². The van der Waals surface area contributed by atoms with Gasteiger partial charge in [-0.05, 0) is 44.9 Å². The van der Waals surface area contributed by atoms with Gasteiger partial charge in [0, 0.05) is 12.8 Å². The Morgan fingerprint density at radius 1 is 0.762 bits per heavy atom. The Morgan fingerprint density at radius 2 is 1.33 bits per heavy atom. The quantitative estimate of drug-likeness (QED) is 0.0417. The predicted octanol–water partition coefficient (Wildman–Crippen LogP) is 6.16. The van der Waals surface area contributed by atoms with E-state index < -0.39 is 51.1 Å². The van der Waals surface area contributed by atoms with Gasteiger partial charge in [0.1, 0.15) is 12.6 Å². The van der Waals surface area contributed by atoms with Crippen molar-refractivity contribution >= 4 is 25.7 Å². The number of rotatable bonds is 27. The SMILES string of the molecule is CC/C=C\C/C=C\C/C=C\CCCCCCCCCC(=O)OC(COC(=O)CCC)COP(=O)(O)OCC(N)C(=O)O. The standard InChI is InChI=1S/C30H52NO10P/c1-3-5-6-7-8-9-10-11-12-13-14-15-16-17-18-19-20-22-29(33)41-26(23-38-28(32)21-4-2)24-39-42(36,37)40-25-27(31)30(34)35/h5-6,8-9,11-12,26-27H,3-4,7,10,13-25,31H2,1-2H3,(H,34,35)(H,36,37)/b6-5-,9-8-,12-11-.